The van der Waals surface area contributed by atoms with Crippen LogP contribution in [-0.2, 0) is 25.6 Å². The third kappa shape index (κ3) is 8.26. The predicted octanol–water partition coefficient (Wildman–Crippen LogP) is 6.06. The van der Waals surface area contributed by atoms with Gasteiger partial charge in [0.2, 0.25) is 0 Å². The van der Waals surface area contributed by atoms with Crippen LogP contribution in [0.1, 0.15) is 68.4 Å². The Morgan fingerprint density at radius 1 is 1.19 bits per heavy atom. The van der Waals surface area contributed by atoms with Crippen LogP contribution in [0.15, 0.2) is 84.2 Å². The fourth-order valence-electron chi connectivity index (χ4n) is 4.13. The van der Waals surface area contributed by atoms with Crippen LogP contribution in [0.5, 0.6) is 0 Å². The summed E-state index contributed by atoms with van der Waals surface area (Å²) in [6.07, 6.45) is 4.55. The number of carbonyl (C=O) groups excluding carboxylic acids is 1. The van der Waals surface area contributed by atoms with Crippen LogP contribution in [0.4, 0.5) is 0 Å². The van der Waals surface area contributed by atoms with E-state index < -0.39 is 12.2 Å². The fourth-order valence-corrected chi connectivity index (χ4v) is 4.13. The highest BCUT2D eigenvalue weighted by Crippen LogP contribution is 2.31. The summed E-state index contributed by atoms with van der Waals surface area (Å²) in [5, 5.41) is 19.3. The van der Waals surface area contributed by atoms with Crippen LogP contribution in [-0.4, -0.2) is 29.9 Å². The van der Waals surface area contributed by atoms with Crippen molar-refractivity contribution in [3.8, 4) is 6.07 Å². The molecule has 6 heteroatoms. The molecule has 1 fully saturated rings. The number of hydrogen-bond donors (Lipinski definition) is 1. The summed E-state index contributed by atoms with van der Waals surface area (Å²) in [4.78, 5) is 11.8. The van der Waals surface area contributed by atoms with E-state index in [2.05, 4.69) is 12.6 Å². The summed E-state index contributed by atoms with van der Waals surface area (Å²) in [6, 6.07) is 17.6. The molecule has 1 aliphatic heterocycles. The van der Waals surface area contributed by atoms with Crippen molar-refractivity contribution >= 4 is 5.78 Å². The molecule has 0 saturated carbocycles. The molecule has 0 amide bonds. The van der Waals surface area contributed by atoms with E-state index in [-0.39, 0.29) is 18.7 Å². The molecule has 1 aliphatic rings. The second-order valence-electron chi connectivity index (χ2n) is 9.25. The molecule has 3 rings (SSSR count). The zero-order valence-electron chi connectivity index (χ0n) is 21.8. The Morgan fingerprint density at radius 2 is 1.92 bits per heavy atom. The molecule has 3 atom stereocenters. The summed E-state index contributed by atoms with van der Waals surface area (Å²) in [5.74, 6) is 0.323. The number of nitriles is 1. The largest absolute Gasteiger partial charge is 0.489 e. The Labute approximate surface area is 219 Å². The maximum Gasteiger partial charge on any atom is 0.158 e. The summed E-state index contributed by atoms with van der Waals surface area (Å²) >= 11 is 0. The van der Waals surface area contributed by atoms with Crippen molar-refractivity contribution in [1.29, 1.82) is 5.26 Å². The zero-order chi connectivity index (χ0) is 26.8. The third-order valence-electron chi connectivity index (χ3n) is 6.08. The highest BCUT2D eigenvalue weighted by Gasteiger charge is 2.23. The van der Waals surface area contributed by atoms with Gasteiger partial charge in [-0.15, -0.1) is 0 Å². The minimum absolute atomic E-state index is 0.200. The van der Waals surface area contributed by atoms with E-state index in [9.17, 15) is 15.2 Å². The number of aliphatic hydroxyl groups is 1. The Kier molecular flexibility index (Phi) is 10.4. The maximum absolute atomic E-state index is 11.8. The number of nitrogens with zero attached hydrogens (tertiary/aromatic N) is 1. The van der Waals surface area contributed by atoms with Gasteiger partial charge in [0.05, 0.1) is 17.7 Å². The standard InChI is InChI=1S/C31H35NO5/c1-21(2)29(15-14-28(22(3)33)23(4)34)36-20-25-10-8-12-27(18-25)31(37-30-13-5-6-16-35-30)26-11-7-9-24(17-26)19-32/h7-12,14-15,17-18,22,30-31,33H,1,5-6,13,16,20H2,2-4H3/b28-14+,29-15+. The molecule has 3 unspecified atom stereocenters. The molecule has 0 aliphatic carbocycles. The molecule has 6 nitrogen and oxygen atoms in total. The number of carbonyl (C=O) groups is 1. The molecule has 194 valence electrons. The lowest BCUT2D eigenvalue weighted by molar-refractivity contribution is -0.181. The molecule has 0 aromatic heterocycles. The number of benzene rings is 2. The van der Waals surface area contributed by atoms with Crippen LogP contribution in [0.3, 0.4) is 0 Å². The Hall–Kier alpha value is -3.50. The van der Waals surface area contributed by atoms with Crippen molar-refractivity contribution in [2.45, 2.75) is 65.1 Å². The van der Waals surface area contributed by atoms with Gasteiger partial charge < -0.3 is 19.3 Å². The number of Topliss-reactive ketones (excluding diaryl/α,β-unsaturated/α-hetero) is 1. The summed E-state index contributed by atoms with van der Waals surface area (Å²) < 4.78 is 18.3. The van der Waals surface area contributed by atoms with Crippen LogP contribution >= 0.6 is 0 Å². The van der Waals surface area contributed by atoms with Gasteiger partial charge in [0.25, 0.3) is 0 Å². The molecule has 1 saturated heterocycles. The first-order valence-electron chi connectivity index (χ1n) is 12.5. The number of hydrogen-bond acceptors (Lipinski definition) is 6. The quantitative estimate of drug-likeness (QED) is 0.229. The number of rotatable bonds is 11. The zero-order valence-corrected chi connectivity index (χ0v) is 21.8. The molecule has 0 radical (unpaired) electrons. The molecular weight excluding hydrogens is 466 g/mol. The first kappa shape index (κ1) is 28.1. The Balaban J connectivity index is 1.85. The minimum Gasteiger partial charge on any atom is -0.489 e. The highest BCUT2D eigenvalue weighted by atomic mass is 16.7. The van der Waals surface area contributed by atoms with Gasteiger partial charge in [-0.05, 0) is 92.6 Å². The van der Waals surface area contributed by atoms with Crippen molar-refractivity contribution in [3.05, 3.63) is 106 Å². The van der Waals surface area contributed by atoms with E-state index in [0.717, 1.165) is 36.0 Å². The predicted molar refractivity (Wildman–Crippen MR) is 142 cm³/mol. The molecular formula is C31H35NO5. The number of ether oxygens (including phenoxy) is 3. The van der Waals surface area contributed by atoms with Crippen LogP contribution in [0, 0.1) is 11.3 Å². The van der Waals surface area contributed by atoms with Crippen molar-refractivity contribution < 1.29 is 24.1 Å². The van der Waals surface area contributed by atoms with Gasteiger partial charge >= 0.3 is 0 Å². The summed E-state index contributed by atoms with van der Waals surface area (Å²) in [6.45, 7) is 9.71. The van der Waals surface area contributed by atoms with Crippen molar-refractivity contribution in [3.63, 3.8) is 0 Å². The van der Waals surface area contributed by atoms with Crippen LogP contribution < -0.4 is 0 Å². The van der Waals surface area contributed by atoms with Gasteiger partial charge in [0.15, 0.2) is 12.1 Å². The molecule has 37 heavy (non-hydrogen) atoms. The van der Waals surface area contributed by atoms with Crippen LogP contribution in [0.25, 0.3) is 0 Å². The van der Waals surface area contributed by atoms with E-state index in [4.69, 9.17) is 14.2 Å². The van der Waals surface area contributed by atoms with Crippen molar-refractivity contribution in [2.24, 2.45) is 0 Å². The average Bonchev–Trinajstić information content (AvgIpc) is 2.89. The molecule has 2 aromatic carbocycles. The first-order chi connectivity index (χ1) is 17.8. The minimum atomic E-state index is -0.874. The smallest absolute Gasteiger partial charge is 0.158 e. The van der Waals surface area contributed by atoms with Gasteiger partial charge in [-0.1, -0.05) is 36.9 Å². The topological polar surface area (TPSA) is 88.8 Å². The van der Waals surface area contributed by atoms with Crippen molar-refractivity contribution in [2.75, 3.05) is 6.61 Å². The second kappa shape index (κ2) is 13.7. The molecule has 1 N–H and O–H groups in total. The normalized spacial score (nSPS) is 18.0. The molecule has 1 heterocycles. The monoisotopic (exact) mass is 501 g/mol. The number of ketones is 1. The molecule has 0 spiro atoms. The number of allylic oxidation sites excluding steroid dienone is 3. The van der Waals surface area contributed by atoms with E-state index in [1.165, 1.54) is 6.92 Å². The highest BCUT2D eigenvalue weighted by molar-refractivity contribution is 5.94. The van der Waals surface area contributed by atoms with E-state index in [1.54, 1.807) is 25.1 Å². The Bertz CT molecular complexity index is 1200. The van der Waals surface area contributed by atoms with E-state index in [1.807, 2.05) is 49.4 Å². The lowest BCUT2D eigenvalue weighted by Crippen LogP contribution is -2.25. The van der Waals surface area contributed by atoms with Crippen molar-refractivity contribution in [1.82, 2.24) is 0 Å². The Morgan fingerprint density at radius 3 is 2.54 bits per heavy atom. The SMILES string of the molecule is C=C(C)/C(=C\C=C(\C(C)=O)C(C)O)OCc1cccc(C(OC2CCCCO2)c2cccc(C#N)c2)c1. The summed E-state index contributed by atoms with van der Waals surface area (Å²) in [7, 11) is 0. The van der Waals surface area contributed by atoms with Gasteiger partial charge in [-0.3, -0.25) is 4.79 Å². The summed E-state index contributed by atoms with van der Waals surface area (Å²) in [5.41, 5.74) is 4.30. The number of aliphatic hydroxyl groups excluding tert-OH is 1. The van der Waals surface area contributed by atoms with Gasteiger partial charge in [-0.25, -0.2) is 0 Å². The third-order valence-corrected chi connectivity index (χ3v) is 6.08. The van der Waals surface area contributed by atoms with Crippen LogP contribution in [0.2, 0.25) is 0 Å². The van der Waals surface area contributed by atoms with E-state index in [0.29, 0.717) is 29.1 Å². The molecule has 2 aromatic rings. The van der Waals surface area contributed by atoms with E-state index >= 15 is 0 Å². The fraction of sp³-hybridized carbons (Fsp3) is 0.355. The maximum atomic E-state index is 11.8. The average molecular weight is 502 g/mol. The lowest BCUT2D eigenvalue weighted by Gasteiger charge is -2.28. The van der Waals surface area contributed by atoms with Gasteiger partial charge in [-0.2, -0.15) is 5.26 Å². The lowest BCUT2D eigenvalue weighted by atomic mass is 9.98. The molecule has 0 bridgehead atoms. The van der Waals surface area contributed by atoms with Gasteiger partial charge in [0.1, 0.15) is 18.5 Å². The second-order valence-corrected chi connectivity index (χ2v) is 9.25. The first-order valence-corrected chi connectivity index (χ1v) is 12.5. The van der Waals surface area contributed by atoms with Gasteiger partial charge in [0, 0.05) is 12.2 Å².